The number of nitrogens with zero attached hydrogens (tertiary/aromatic N) is 1. The number of hydrogen-bond acceptors (Lipinski definition) is 3. The number of pyridine rings is 1. The highest BCUT2D eigenvalue weighted by molar-refractivity contribution is 6.31. The minimum Gasteiger partial charge on any atom is -0.456 e. The van der Waals surface area contributed by atoms with Gasteiger partial charge in [-0.2, -0.15) is 0 Å². The molecule has 0 unspecified atom stereocenters. The van der Waals surface area contributed by atoms with Gasteiger partial charge in [-0.05, 0) is 18.2 Å². The van der Waals surface area contributed by atoms with Gasteiger partial charge in [0, 0.05) is 21.8 Å². The highest BCUT2D eigenvalue weighted by Crippen LogP contribution is 2.16. The van der Waals surface area contributed by atoms with Gasteiger partial charge < -0.3 is 4.74 Å². The number of hydrogen-bond donors (Lipinski definition) is 0. The van der Waals surface area contributed by atoms with E-state index < -0.39 is 5.97 Å². The molecule has 0 bridgehead atoms. The Hall–Kier alpha value is -1.58. The fraction of sp³-hybridized carbons (Fsp3) is 0.0769. The van der Waals surface area contributed by atoms with Crippen molar-refractivity contribution in [2.45, 2.75) is 6.61 Å². The Balaban J connectivity index is 2.03. The molecule has 1 aromatic heterocycles. The summed E-state index contributed by atoms with van der Waals surface area (Å²) in [4.78, 5) is 15.6. The molecule has 0 N–H and O–H groups in total. The first-order valence-corrected chi connectivity index (χ1v) is 5.94. The topological polar surface area (TPSA) is 39.2 Å². The zero-order valence-corrected chi connectivity index (χ0v) is 10.8. The molecule has 0 saturated heterocycles. The summed E-state index contributed by atoms with van der Waals surface area (Å²) in [6.45, 7) is 0.104. The van der Waals surface area contributed by atoms with E-state index in [0.717, 1.165) is 5.56 Å². The Morgan fingerprint density at radius 1 is 1.22 bits per heavy atom. The van der Waals surface area contributed by atoms with Crippen molar-refractivity contribution < 1.29 is 9.53 Å². The molecule has 0 radical (unpaired) electrons. The number of esters is 1. The molecule has 0 aliphatic rings. The van der Waals surface area contributed by atoms with E-state index in [4.69, 9.17) is 27.9 Å². The second-order valence-corrected chi connectivity index (χ2v) is 4.37. The minimum atomic E-state index is -0.530. The van der Waals surface area contributed by atoms with Gasteiger partial charge in [-0.1, -0.05) is 41.4 Å². The van der Waals surface area contributed by atoms with Crippen LogP contribution in [0.5, 0.6) is 0 Å². The van der Waals surface area contributed by atoms with Crippen LogP contribution in [0.1, 0.15) is 16.1 Å². The van der Waals surface area contributed by atoms with E-state index in [2.05, 4.69) is 4.98 Å². The molecule has 18 heavy (non-hydrogen) atoms. The van der Waals surface area contributed by atoms with Crippen molar-refractivity contribution in [1.29, 1.82) is 0 Å². The van der Waals surface area contributed by atoms with Crippen LogP contribution >= 0.6 is 23.2 Å². The molecule has 0 aliphatic carbocycles. The molecule has 92 valence electrons. The lowest BCUT2D eigenvalue weighted by atomic mass is 10.2. The van der Waals surface area contributed by atoms with Crippen LogP contribution < -0.4 is 0 Å². The van der Waals surface area contributed by atoms with E-state index in [0.29, 0.717) is 10.0 Å². The average molecular weight is 282 g/mol. The smallest absolute Gasteiger partial charge is 0.357 e. The van der Waals surface area contributed by atoms with Crippen LogP contribution in [-0.2, 0) is 11.3 Å². The molecular weight excluding hydrogens is 273 g/mol. The van der Waals surface area contributed by atoms with Crippen molar-refractivity contribution in [3.8, 4) is 0 Å². The molecule has 0 fully saturated rings. The van der Waals surface area contributed by atoms with Gasteiger partial charge in [0.25, 0.3) is 0 Å². The Morgan fingerprint density at radius 3 is 2.72 bits per heavy atom. The predicted molar refractivity (Wildman–Crippen MR) is 69.8 cm³/mol. The maximum absolute atomic E-state index is 11.7. The number of aromatic nitrogens is 1. The highest BCUT2D eigenvalue weighted by Gasteiger charge is 2.10. The van der Waals surface area contributed by atoms with Crippen molar-refractivity contribution >= 4 is 29.2 Å². The third-order valence-corrected chi connectivity index (χ3v) is 2.85. The molecule has 0 saturated carbocycles. The second-order valence-electron chi connectivity index (χ2n) is 3.53. The van der Waals surface area contributed by atoms with Crippen LogP contribution in [0, 0.1) is 0 Å². The zero-order valence-electron chi connectivity index (χ0n) is 9.27. The van der Waals surface area contributed by atoms with Crippen molar-refractivity contribution in [2.75, 3.05) is 0 Å². The highest BCUT2D eigenvalue weighted by atomic mass is 35.5. The number of carbonyl (C=O) groups excluding carboxylic acids is 1. The van der Waals surface area contributed by atoms with E-state index in [9.17, 15) is 4.79 Å². The molecule has 3 nitrogen and oxygen atoms in total. The quantitative estimate of drug-likeness (QED) is 0.805. The third-order valence-electron chi connectivity index (χ3n) is 2.25. The van der Waals surface area contributed by atoms with Crippen molar-refractivity contribution in [3.63, 3.8) is 0 Å². The molecule has 0 spiro atoms. The molecule has 0 aliphatic heterocycles. The van der Waals surface area contributed by atoms with Gasteiger partial charge in [0.1, 0.15) is 12.3 Å². The predicted octanol–water partition coefficient (Wildman–Crippen LogP) is 3.75. The molecule has 2 rings (SSSR count). The minimum absolute atomic E-state index is 0.104. The number of rotatable bonds is 3. The summed E-state index contributed by atoms with van der Waals surface area (Å²) in [6, 6.07) is 10.2. The Bertz CT molecular complexity index is 572. The Kier molecular flexibility index (Phi) is 4.18. The maximum Gasteiger partial charge on any atom is 0.357 e. The summed E-state index contributed by atoms with van der Waals surface area (Å²) in [7, 11) is 0. The van der Waals surface area contributed by atoms with Gasteiger partial charge in [-0.25, -0.2) is 9.78 Å². The van der Waals surface area contributed by atoms with Gasteiger partial charge in [-0.15, -0.1) is 0 Å². The average Bonchev–Trinajstić information content (AvgIpc) is 2.37. The largest absolute Gasteiger partial charge is 0.456 e. The van der Waals surface area contributed by atoms with Crippen LogP contribution in [0.25, 0.3) is 0 Å². The number of ether oxygens (including phenoxy) is 1. The van der Waals surface area contributed by atoms with Crippen molar-refractivity contribution in [1.82, 2.24) is 4.98 Å². The summed E-state index contributed by atoms with van der Waals surface area (Å²) in [5.74, 6) is -0.530. The first kappa shape index (κ1) is 12.9. The van der Waals surface area contributed by atoms with Gasteiger partial charge in [0.2, 0.25) is 0 Å². The maximum atomic E-state index is 11.7. The zero-order chi connectivity index (χ0) is 13.0. The first-order chi connectivity index (χ1) is 8.66. The van der Waals surface area contributed by atoms with Crippen LogP contribution in [0.2, 0.25) is 10.0 Å². The number of carbonyl (C=O) groups is 1. The number of halogens is 2. The van der Waals surface area contributed by atoms with Crippen molar-refractivity contribution in [3.05, 3.63) is 63.9 Å². The molecule has 2 aromatic rings. The Morgan fingerprint density at radius 2 is 2.00 bits per heavy atom. The van der Waals surface area contributed by atoms with Crippen LogP contribution in [0.4, 0.5) is 0 Å². The molecule has 1 aromatic carbocycles. The van der Waals surface area contributed by atoms with Gasteiger partial charge in [0.05, 0.1) is 0 Å². The molecule has 0 amide bonds. The SMILES string of the molecule is O=C(OCc1ccccc1Cl)c1cc(Cl)ccn1. The fourth-order valence-corrected chi connectivity index (χ4v) is 1.70. The summed E-state index contributed by atoms with van der Waals surface area (Å²) in [5.41, 5.74) is 0.920. The lowest BCUT2D eigenvalue weighted by Crippen LogP contribution is -2.07. The monoisotopic (exact) mass is 281 g/mol. The first-order valence-electron chi connectivity index (χ1n) is 5.19. The van der Waals surface area contributed by atoms with E-state index in [-0.39, 0.29) is 12.3 Å². The standard InChI is InChI=1S/C13H9Cl2NO2/c14-10-5-6-16-12(7-10)13(17)18-8-9-3-1-2-4-11(9)15/h1-7H,8H2. The van der Waals surface area contributed by atoms with E-state index in [1.807, 2.05) is 12.1 Å². The lowest BCUT2D eigenvalue weighted by molar-refractivity contribution is 0.0466. The van der Waals surface area contributed by atoms with Crippen molar-refractivity contribution in [2.24, 2.45) is 0 Å². The van der Waals surface area contributed by atoms with E-state index in [1.54, 1.807) is 18.2 Å². The van der Waals surface area contributed by atoms with Gasteiger partial charge in [-0.3, -0.25) is 0 Å². The molecule has 5 heteroatoms. The molecular formula is C13H9Cl2NO2. The number of benzene rings is 1. The summed E-state index contributed by atoms with van der Waals surface area (Å²) in [5, 5.41) is 0.999. The van der Waals surface area contributed by atoms with Crippen LogP contribution in [0.15, 0.2) is 42.6 Å². The summed E-state index contributed by atoms with van der Waals surface area (Å²) < 4.78 is 5.11. The summed E-state index contributed by atoms with van der Waals surface area (Å²) in [6.07, 6.45) is 1.45. The molecule has 0 atom stereocenters. The second kappa shape index (κ2) is 5.85. The van der Waals surface area contributed by atoms with E-state index in [1.165, 1.54) is 12.3 Å². The van der Waals surface area contributed by atoms with Crippen LogP contribution in [0.3, 0.4) is 0 Å². The fourth-order valence-electron chi connectivity index (χ4n) is 1.35. The van der Waals surface area contributed by atoms with Gasteiger partial charge >= 0.3 is 5.97 Å². The van der Waals surface area contributed by atoms with Crippen LogP contribution in [-0.4, -0.2) is 11.0 Å². The molecule has 1 heterocycles. The van der Waals surface area contributed by atoms with E-state index >= 15 is 0 Å². The Labute approximate surface area is 114 Å². The summed E-state index contributed by atoms with van der Waals surface area (Å²) >= 11 is 11.7. The third kappa shape index (κ3) is 3.22. The van der Waals surface area contributed by atoms with Gasteiger partial charge in [0.15, 0.2) is 0 Å². The normalized spacial score (nSPS) is 10.1. The lowest BCUT2D eigenvalue weighted by Gasteiger charge is -2.06.